The van der Waals surface area contributed by atoms with E-state index in [-0.39, 0.29) is 12.5 Å². The molecule has 0 aliphatic rings. The summed E-state index contributed by atoms with van der Waals surface area (Å²) >= 11 is 7.66. The van der Waals surface area contributed by atoms with Gasteiger partial charge in [-0.3, -0.25) is 4.79 Å². The van der Waals surface area contributed by atoms with E-state index in [0.29, 0.717) is 9.90 Å². The second-order valence-electron chi connectivity index (χ2n) is 5.38. The van der Waals surface area contributed by atoms with E-state index in [2.05, 4.69) is 0 Å². The molecule has 0 bridgehead atoms. The lowest BCUT2D eigenvalue weighted by atomic mass is 10.0. The van der Waals surface area contributed by atoms with E-state index in [0.717, 1.165) is 10.1 Å². The number of thiophene rings is 1. The number of carbonyl (C=O) groups excluding carboxylic acids is 2. The second-order valence-corrected chi connectivity index (χ2v) is 6.82. The molecular weight excluding hydrogens is 322 g/mol. The van der Waals surface area contributed by atoms with Crippen molar-refractivity contribution in [2.45, 2.75) is 26.3 Å². The lowest BCUT2D eigenvalue weighted by Gasteiger charge is -2.32. The molecule has 1 aromatic heterocycles. The van der Waals surface area contributed by atoms with E-state index in [1.54, 1.807) is 27.8 Å². The van der Waals surface area contributed by atoms with E-state index < -0.39 is 11.5 Å². The fourth-order valence-corrected chi connectivity index (χ4v) is 3.49. The highest BCUT2D eigenvalue weighted by atomic mass is 35.5. The molecule has 0 radical (unpaired) electrons. The van der Waals surface area contributed by atoms with Crippen LogP contribution in [0.4, 0.5) is 0 Å². The molecule has 118 valence electrons. The fraction of sp³-hybridized carbons (Fsp3) is 0.375. The van der Waals surface area contributed by atoms with E-state index in [4.69, 9.17) is 16.3 Å². The third kappa shape index (κ3) is 2.83. The second kappa shape index (κ2) is 6.26. The van der Waals surface area contributed by atoms with Gasteiger partial charge in [-0.2, -0.15) is 0 Å². The smallest absolute Gasteiger partial charge is 0.331 e. The first-order chi connectivity index (χ1) is 10.3. The summed E-state index contributed by atoms with van der Waals surface area (Å²) in [6, 6.07) is 7.57. The Balaban J connectivity index is 2.37. The summed E-state index contributed by atoms with van der Waals surface area (Å²) in [5.41, 5.74) is -1.06. The number of benzene rings is 1. The molecule has 1 amide bonds. The van der Waals surface area contributed by atoms with Crippen molar-refractivity contribution in [3.05, 3.63) is 34.2 Å². The molecule has 0 saturated heterocycles. The van der Waals surface area contributed by atoms with E-state index >= 15 is 0 Å². The van der Waals surface area contributed by atoms with Crippen LogP contribution in [-0.2, 0) is 9.53 Å². The molecule has 6 heteroatoms. The zero-order valence-corrected chi connectivity index (χ0v) is 14.5. The number of halogens is 1. The topological polar surface area (TPSA) is 46.6 Å². The van der Waals surface area contributed by atoms with Crippen LogP contribution >= 0.6 is 22.9 Å². The number of fused-ring (bicyclic) bond motifs is 1. The highest BCUT2D eigenvalue weighted by Crippen LogP contribution is 2.36. The number of esters is 1. The third-order valence-electron chi connectivity index (χ3n) is 3.65. The Bertz CT molecular complexity index is 723. The monoisotopic (exact) mass is 339 g/mol. The molecule has 2 aromatic rings. The molecule has 22 heavy (non-hydrogen) atoms. The summed E-state index contributed by atoms with van der Waals surface area (Å²) in [6.45, 7) is 5.32. The molecule has 1 heterocycles. The SMILES string of the molecule is CCOC(=O)C(C)(C)N(C)C(=O)c1sc2ccccc2c1Cl. The Morgan fingerprint density at radius 3 is 2.55 bits per heavy atom. The highest BCUT2D eigenvalue weighted by Gasteiger charge is 2.38. The van der Waals surface area contributed by atoms with Crippen LogP contribution in [0, 0.1) is 0 Å². The zero-order chi connectivity index (χ0) is 16.5. The van der Waals surface area contributed by atoms with Crippen LogP contribution in [0.5, 0.6) is 0 Å². The third-order valence-corrected chi connectivity index (χ3v) is 5.31. The van der Waals surface area contributed by atoms with Gasteiger partial charge >= 0.3 is 5.97 Å². The largest absolute Gasteiger partial charge is 0.464 e. The molecule has 0 aliphatic carbocycles. The van der Waals surface area contributed by atoms with Gasteiger partial charge in [0, 0.05) is 17.1 Å². The van der Waals surface area contributed by atoms with Crippen molar-refractivity contribution in [2.24, 2.45) is 0 Å². The maximum Gasteiger partial charge on any atom is 0.331 e. The molecule has 0 saturated carbocycles. The predicted octanol–water partition coefficient (Wildman–Crippen LogP) is 3.97. The van der Waals surface area contributed by atoms with Gasteiger partial charge in [0.2, 0.25) is 0 Å². The number of nitrogens with zero attached hydrogens (tertiary/aromatic N) is 1. The van der Waals surface area contributed by atoms with Crippen molar-refractivity contribution in [2.75, 3.05) is 13.7 Å². The summed E-state index contributed by atoms with van der Waals surface area (Å²) in [5, 5.41) is 1.27. The Kier molecular flexibility index (Phi) is 4.78. The van der Waals surface area contributed by atoms with Crippen LogP contribution in [0.25, 0.3) is 10.1 Å². The molecule has 2 rings (SSSR count). The van der Waals surface area contributed by atoms with Crippen molar-refractivity contribution in [3.8, 4) is 0 Å². The summed E-state index contributed by atoms with van der Waals surface area (Å²) < 4.78 is 5.98. The number of likely N-dealkylation sites (N-methyl/N-ethyl adjacent to an activating group) is 1. The minimum absolute atomic E-state index is 0.272. The van der Waals surface area contributed by atoms with E-state index in [1.807, 2.05) is 24.3 Å². The summed E-state index contributed by atoms with van der Waals surface area (Å²) in [6.07, 6.45) is 0. The molecule has 0 atom stereocenters. The Morgan fingerprint density at radius 2 is 1.95 bits per heavy atom. The van der Waals surface area contributed by atoms with Gasteiger partial charge in [-0.15, -0.1) is 11.3 Å². The maximum absolute atomic E-state index is 12.7. The first-order valence-electron chi connectivity index (χ1n) is 6.93. The molecular formula is C16H18ClNO3S. The van der Waals surface area contributed by atoms with Crippen molar-refractivity contribution in [3.63, 3.8) is 0 Å². The summed E-state index contributed by atoms with van der Waals surface area (Å²) in [5.74, 6) is -0.729. The van der Waals surface area contributed by atoms with Gasteiger partial charge < -0.3 is 9.64 Å². The quantitative estimate of drug-likeness (QED) is 0.792. The van der Waals surface area contributed by atoms with Gasteiger partial charge in [0.25, 0.3) is 5.91 Å². The molecule has 0 fully saturated rings. The number of hydrogen-bond donors (Lipinski definition) is 0. The number of rotatable bonds is 4. The first-order valence-corrected chi connectivity index (χ1v) is 8.12. The Labute approximate surface area is 138 Å². The average molecular weight is 340 g/mol. The average Bonchev–Trinajstić information content (AvgIpc) is 2.83. The molecule has 0 unspecified atom stereocenters. The standard InChI is InChI=1S/C16H18ClNO3S/c1-5-21-15(20)16(2,3)18(4)14(19)13-12(17)10-8-6-7-9-11(10)22-13/h6-9H,5H2,1-4H3. The van der Waals surface area contributed by atoms with Crippen LogP contribution in [0.1, 0.15) is 30.4 Å². The maximum atomic E-state index is 12.7. The Hall–Kier alpha value is -1.59. The van der Waals surface area contributed by atoms with E-state index in [9.17, 15) is 9.59 Å². The molecule has 0 spiro atoms. The Morgan fingerprint density at radius 1 is 1.32 bits per heavy atom. The van der Waals surface area contributed by atoms with Crippen LogP contribution in [-0.4, -0.2) is 36.0 Å². The summed E-state index contributed by atoms with van der Waals surface area (Å²) in [4.78, 5) is 26.6. The molecule has 0 N–H and O–H groups in total. The van der Waals surface area contributed by atoms with Crippen LogP contribution in [0.2, 0.25) is 5.02 Å². The predicted molar refractivity (Wildman–Crippen MR) is 89.6 cm³/mol. The molecule has 0 aliphatic heterocycles. The lowest BCUT2D eigenvalue weighted by molar-refractivity contribution is -0.153. The van der Waals surface area contributed by atoms with Crippen molar-refractivity contribution in [1.29, 1.82) is 0 Å². The normalized spacial score (nSPS) is 11.5. The first kappa shape index (κ1) is 16.8. The van der Waals surface area contributed by atoms with Crippen LogP contribution in [0.15, 0.2) is 24.3 Å². The van der Waals surface area contributed by atoms with E-state index in [1.165, 1.54) is 16.2 Å². The van der Waals surface area contributed by atoms with Crippen molar-refractivity contribution < 1.29 is 14.3 Å². The van der Waals surface area contributed by atoms with Crippen molar-refractivity contribution >= 4 is 44.9 Å². The van der Waals surface area contributed by atoms with Gasteiger partial charge in [0.1, 0.15) is 10.4 Å². The van der Waals surface area contributed by atoms with Crippen molar-refractivity contribution in [1.82, 2.24) is 4.90 Å². The minimum atomic E-state index is -1.06. The fourth-order valence-electron chi connectivity index (χ4n) is 2.00. The van der Waals surface area contributed by atoms with Crippen LogP contribution in [0.3, 0.4) is 0 Å². The minimum Gasteiger partial charge on any atom is -0.464 e. The number of hydrogen-bond acceptors (Lipinski definition) is 4. The summed E-state index contributed by atoms with van der Waals surface area (Å²) in [7, 11) is 1.58. The molecule has 4 nitrogen and oxygen atoms in total. The number of amides is 1. The number of carbonyl (C=O) groups is 2. The lowest BCUT2D eigenvalue weighted by Crippen LogP contribution is -2.51. The van der Waals surface area contributed by atoms with Gasteiger partial charge in [-0.05, 0) is 26.8 Å². The van der Waals surface area contributed by atoms with Gasteiger partial charge in [0.15, 0.2) is 0 Å². The van der Waals surface area contributed by atoms with Gasteiger partial charge in [-0.25, -0.2) is 4.79 Å². The van der Waals surface area contributed by atoms with Crippen LogP contribution < -0.4 is 0 Å². The zero-order valence-electron chi connectivity index (χ0n) is 13.0. The highest BCUT2D eigenvalue weighted by molar-refractivity contribution is 7.21. The van der Waals surface area contributed by atoms with Gasteiger partial charge in [0.05, 0.1) is 11.6 Å². The number of ether oxygens (including phenoxy) is 1. The van der Waals surface area contributed by atoms with Gasteiger partial charge in [-0.1, -0.05) is 29.8 Å². The molecule has 1 aromatic carbocycles.